The minimum Gasteiger partial charge on any atom is -0.406 e. The van der Waals surface area contributed by atoms with E-state index in [1.165, 1.54) is 24.3 Å². The van der Waals surface area contributed by atoms with Crippen LogP contribution in [0, 0.1) is 11.6 Å². The van der Waals surface area contributed by atoms with Crippen LogP contribution in [-0.2, 0) is 0 Å². The van der Waals surface area contributed by atoms with E-state index in [-0.39, 0.29) is 23.1 Å². The Hall–Kier alpha value is -3.43. The molecule has 2 aromatic carbocycles. The van der Waals surface area contributed by atoms with Crippen molar-refractivity contribution in [1.29, 1.82) is 0 Å². The highest BCUT2D eigenvalue weighted by Gasteiger charge is 2.31. The standard InChI is InChI=1S/C18H13F5N4O/c1-24-17-26-15(10-3-2-4-12(7-10)28-18(21,22)23)9-16(27-17)25-11-5-6-13(19)14(20)8-11/h2-9H,1H3,(H2,24,25,26,27). The van der Waals surface area contributed by atoms with Crippen LogP contribution in [0.25, 0.3) is 11.3 Å². The Morgan fingerprint density at radius 2 is 1.71 bits per heavy atom. The molecular formula is C18H13F5N4O. The number of rotatable bonds is 5. The third-order valence-corrected chi connectivity index (χ3v) is 3.51. The van der Waals surface area contributed by atoms with Gasteiger partial charge in [-0.2, -0.15) is 4.98 Å². The molecule has 0 aliphatic rings. The zero-order valence-corrected chi connectivity index (χ0v) is 14.3. The predicted molar refractivity (Wildman–Crippen MR) is 93.3 cm³/mol. The molecule has 3 aromatic rings. The summed E-state index contributed by atoms with van der Waals surface area (Å²) in [5.41, 5.74) is 0.866. The van der Waals surface area contributed by atoms with Gasteiger partial charge in [0.2, 0.25) is 5.95 Å². The van der Waals surface area contributed by atoms with E-state index in [2.05, 4.69) is 25.3 Å². The minimum absolute atomic E-state index is 0.171. The number of ether oxygens (including phenoxy) is 1. The van der Waals surface area contributed by atoms with Crippen molar-refractivity contribution in [1.82, 2.24) is 9.97 Å². The first-order chi connectivity index (χ1) is 13.2. The third-order valence-electron chi connectivity index (χ3n) is 3.51. The van der Waals surface area contributed by atoms with Crippen molar-refractivity contribution in [2.75, 3.05) is 17.7 Å². The Kier molecular flexibility index (Phi) is 5.30. The highest BCUT2D eigenvalue weighted by Crippen LogP contribution is 2.29. The van der Waals surface area contributed by atoms with E-state index in [9.17, 15) is 22.0 Å². The summed E-state index contributed by atoms with van der Waals surface area (Å²) in [4.78, 5) is 8.35. The minimum atomic E-state index is -4.82. The number of hydrogen-bond acceptors (Lipinski definition) is 5. The second-order valence-corrected chi connectivity index (χ2v) is 5.54. The van der Waals surface area contributed by atoms with Gasteiger partial charge >= 0.3 is 6.36 Å². The topological polar surface area (TPSA) is 59.1 Å². The first-order valence-corrected chi connectivity index (χ1v) is 7.88. The van der Waals surface area contributed by atoms with E-state index >= 15 is 0 Å². The van der Waals surface area contributed by atoms with Gasteiger partial charge in [0, 0.05) is 30.4 Å². The summed E-state index contributed by atoms with van der Waals surface area (Å²) >= 11 is 0. The van der Waals surface area contributed by atoms with E-state index in [0.29, 0.717) is 5.56 Å². The SMILES string of the molecule is CNc1nc(Nc2ccc(F)c(F)c2)cc(-c2cccc(OC(F)(F)F)c2)n1. The molecule has 3 rings (SSSR count). The molecule has 0 spiro atoms. The Balaban J connectivity index is 1.95. The molecule has 1 heterocycles. The van der Waals surface area contributed by atoms with Gasteiger partial charge < -0.3 is 15.4 Å². The monoisotopic (exact) mass is 396 g/mol. The van der Waals surface area contributed by atoms with Crippen LogP contribution < -0.4 is 15.4 Å². The molecule has 1 aromatic heterocycles. The van der Waals surface area contributed by atoms with E-state index < -0.39 is 23.7 Å². The van der Waals surface area contributed by atoms with Crippen molar-refractivity contribution < 1.29 is 26.7 Å². The van der Waals surface area contributed by atoms with Gasteiger partial charge in [-0.05, 0) is 24.3 Å². The molecule has 0 fully saturated rings. The molecule has 0 aliphatic heterocycles. The van der Waals surface area contributed by atoms with Gasteiger partial charge in [-0.25, -0.2) is 13.8 Å². The van der Waals surface area contributed by atoms with Crippen molar-refractivity contribution >= 4 is 17.5 Å². The number of aromatic nitrogens is 2. The van der Waals surface area contributed by atoms with Crippen LogP contribution in [0.5, 0.6) is 5.75 Å². The lowest BCUT2D eigenvalue weighted by molar-refractivity contribution is -0.274. The summed E-state index contributed by atoms with van der Waals surface area (Å²) in [5, 5.41) is 5.53. The van der Waals surface area contributed by atoms with Crippen molar-refractivity contribution in [3.05, 3.63) is 60.2 Å². The molecule has 0 saturated heterocycles. The summed E-state index contributed by atoms with van der Waals surface area (Å²) in [6, 6.07) is 9.96. The van der Waals surface area contributed by atoms with Crippen LogP contribution in [0.1, 0.15) is 0 Å². The molecule has 10 heteroatoms. The molecule has 0 bridgehead atoms. The molecule has 0 amide bonds. The fraction of sp³-hybridized carbons (Fsp3) is 0.111. The number of nitrogens with one attached hydrogen (secondary N) is 2. The van der Waals surface area contributed by atoms with Crippen molar-refractivity contribution in [3.8, 4) is 17.0 Å². The van der Waals surface area contributed by atoms with Crippen molar-refractivity contribution in [2.45, 2.75) is 6.36 Å². The number of halogens is 5. The zero-order valence-electron chi connectivity index (χ0n) is 14.3. The molecule has 0 atom stereocenters. The van der Waals surface area contributed by atoms with E-state index in [0.717, 1.165) is 18.2 Å². The predicted octanol–water partition coefficient (Wildman–Crippen LogP) is 5.11. The summed E-state index contributed by atoms with van der Waals surface area (Å²) < 4.78 is 67.7. The number of hydrogen-bond donors (Lipinski definition) is 2. The second kappa shape index (κ2) is 7.67. The first-order valence-electron chi connectivity index (χ1n) is 7.88. The van der Waals surface area contributed by atoms with Gasteiger partial charge in [0.1, 0.15) is 11.6 Å². The van der Waals surface area contributed by atoms with E-state index in [1.807, 2.05) is 0 Å². The quantitative estimate of drug-likeness (QED) is 0.588. The average Bonchev–Trinajstić information content (AvgIpc) is 2.63. The maximum absolute atomic E-state index is 13.4. The lowest BCUT2D eigenvalue weighted by Gasteiger charge is -2.12. The average molecular weight is 396 g/mol. The molecule has 5 nitrogen and oxygen atoms in total. The second-order valence-electron chi connectivity index (χ2n) is 5.54. The largest absolute Gasteiger partial charge is 0.573 e. The molecule has 2 N–H and O–H groups in total. The van der Waals surface area contributed by atoms with Crippen molar-refractivity contribution in [2.24, 2.45) is 0 Å². The van der Waals surface area contributed by atoms with E-state index in [4.69, 9.17) is 0 Å². The maximum Gasteiger partial charge on any atom is 0.573 e. The van der Waals surface area contributed by atoms with Gasteiger partial charge in [0.05, 0.1) is 5.69 Å². The lowest BCUT2D eigenvalue weighted by Crippen LogP contribution is -2.17. The molecule has 146 valence electrons. The van der Waals surface area contributed by atoms with Crippen LogP contribution >= 0.6 is 0 Å². The molecule has 0 unspecified atom stereocenters. The highest BCUT2D eigenvalue weighted by molar-refractivity contribution is 5.68. The Morgan fingerprint density at radius 1 is 0.929 bits per heavy atom. The Morgan fingerprint density at radius 3 is 2.39 bits per heavy atom. The molecule has 28 heavy (non-hydrogen) atoms. The fourth-order valence-corrected chi connectivity index (χ4v) is 2.35. The van der Waals surface area contributed by atoms with Crippen LogP contribution in [0.15, 0.2) is 48.5 Å². The number of alkyl halides is 3. The number of anilines is 3. The maximum atomic E-state index is 13.4. The fourth-order valence-electron chi connectivity index (χ4n) is 2.35. The van der Waals surface area contributed by atoms with Gasteiger partial charge in [-0.3, -0.25) is 0 Å². The van der Waals surface area contributed by atoms with Gasteiger partial charge in [-0.15, -0.1) is 13.2 Å². The Labute approximate surface area is 156 Å². The highest BCUT2D eigenvalue weighted by atomic mass is 19.4. The van der Waals surface area contributed by atoms with Crippen LogP contribution in [0.2, 0.25) is 0 Å². The molecular weight excluding hydrogens is 383 g/mol. The summed E-state index contributed by atoms with van der Waals surface area (Å²) in [6.45, 7) is 0. The Bertz CT molecular complexity index is 994. The summed E-state index contributed by atoms with van der Waals surface area (Å²) in [6.07, 6.45) is -4.82. The van der Waals surface area contributed by atoms with E-state index in [1.54, 1.807) is 13.1 Å². The van der Waals surface area contributed by atoms with Gasteiger partial charge in [0.15, 0.2) is 11.6 Å². The summed E-state index contributed by atoms with van der Waals surface area (Å²) in [5.74, 6) is -2.03. The zero-order chi connectivity index (χ0) is 20.3. The van der Waals surface area contributed by atoms with Crippen LogP contribution in [-0.4, -0.2) is 23.4 Å². The number of benzene rings is 2. The van der Waals surface area contributed by atoms with Crippen molar-refractivity contribution in [3.63, 3.8) is 0 Å². The smallest absolute Gasteiger partial charge is 0.406 e. The van der Waals surface area contributed by atoms with Gasteiger partial charge in [-0.1, -0.05) is 12.1 Å². The summed E-state index contributed by atoms with van der Waals surface area (Å²) in [7, 11) is 1.56. The van der Waals surface area contributed by atoms with Crippen LogP contribution in [0.4, 0.5) is 39.4 Å². The first kappa shape index (κ1) is 19.3. The lowest BCUT2D eigenvalue weighted by atomic mass is 10.1. The normalized spacial score (nSPS) is 11.2. The molecule has 0 aliphatic carbocycles. The third kappa shape index (κ3) is 4.84. The van der Waals surface area contributed by atoms with Crippen LogP contribution in [0.3, 0.4) is 0 Å². The molecule has 0 saturated carbocycles. The van der Waals surface area contributed by atoms with Gasteiger partial charge in [0.25, 0.3) is 0 Å². The number of nitrogens with zero attached hydrogens (tertiary/aromatic N) is 2. The molecule has 0 radical (unpaired) electrons.